The Balaban J connectivity index is 2.11. The molecule has 1 amide bonds. The number of carbonyl (C=O) groups is 2. The van der Waals surface area contributed by atoms with Crippen molar-refractivity contribution in [3.63, 3.8) is 0 Å². The van der Waals surface area contributed by atoms with Crippen molar-refractivity contribution in [1.82, 2.24) is 15.1 Å². The zero-order valence-electron chi connectivity index (χ0n) is 14.1. The van der Waals surface area contributed by atoms with Crippen LogP contribution in [0.15, 0.2) is 12.3 Å². The van der Waals surface area contributed by atoms with E-state index in [4.69, 9.17) is 4.74 Å². The van der Waals surface area contributed by atoms with Crippen molar-refractivity contribution in [3.05, 3.63) is 18.0 Å². The second-order valence-corrected chi connectivity index (χ2v) is 7.25. The standard InChI is InChI=1S/C16H25N3O4/c1-15(2,3)23-14(22)17-10-16(13(20)21,11-5-6-11)9-12-7-8-19(4)18-12/h7-8,11H,5-6,9-10H2,1-4H3,(H,17,22)(H,20,21). The van der Waals surface area contributed by atoms with Gasteiger partial charge in [0.2, 0.25) is 0 Å². The molecule has 0 spiro atoms. The van der Waals surface area contributed by atoms with Gasteiger partial charge in [-0.2, -0.15) is 5.10 Å². The minimum Gasteiger partial charge on any atom is -0.481 e. The molecule has 1 saturated carbocycles. The van der Waals surface area contributed by atoms with Crippen molar-refractivity contribution < 1.29 is 19.4 Å². The van der Waals surface area contributed by atoms with Crippen LogP contribution in [-0.2, 0) is 23.0 Å². The highest BCUT2D eigenvalue weighted by Crippen LogP contribution is 2.47. The fraction of sp³-hybridized carbons (Fsp3) is 0.688. The number of hydrogen-bond donors (Lipinski definition) is 2. The Kier molecular flexibility index (Phi) is 4.68. The number of hydrogen-bond acceptors (Lipinski definition) is 4. The molecule has 7 heteroatoms. The molecule has 1 fully saturated rings. The van der Waals surface area contributed by atoms with Gasteiger partial charge in [-0.3, -0.25) is 9.48 Å². The fourth-order valence-corrected chi connectivity index (χ4v) is 2.74. The zero-order valence-corrected chi connectivity index (χ0v) is 14.1. The van der Waals surface area contributed by atoms with Gasteiger partial charge in [-0.1, -0.05) is 0 Å². The third kappa shape index (κ3) is 4.46. The normalized spacial score (nSPS) is 17.4. The number of aromatic nitrogens is 2. The van der Waals surface area contributed by atoms with E-state index in [2.05, 4.69) is 10.4 Å². The summed E-state index contributed by atoms with van der Waals surface area (Å²) in [5, 5.41) is 16.7. The number of alkyl carbamates (subject to hydrolysis) is 1. The lowest BCUT2D eigenvalue weighted by atomic mass is 9.78. The topological polar surface area (TPSA) is 93.5 Å². The molecule has 1 heterocycles. The van der Waals surface area contributed by atoms with E-state index in [1.54, 1.807) is 38.7 Å². The molecule has 1 aromatic rings. The van der Waals surface area contributed by atoms with E-state index in [1.165, 1.54) is 0 Å². The van der Waals surface area contributed by atoms with Crippen molar-refractivity contribution >= 4 is 12.1 Å². The maximum Gasteiger partial charge on any atom is 0.407 e. The fourth-order valence-electron chi connectivity index (χ4n) is 2.74. The van der Waals surface area contributed by atoms with Crippen molar-refractivity contribution in [1.29, 1.82) is 0 Å². The van der Waals surface area contributed by atoms with Crippen molar-refractivity contribution in [3.8, 4) is 0 Å². The van der Waals surface area contributed by atoms with Gasteiger partial charge in [0.25, 0.3) is 0 Å². The van der Waals surface area contributed by atoms with Crippen LogP contribution in [0.2, 0.25) is 0 Å². The van der Waals surface area contributed by atoms with E-state index in [-0.39, 0.29) is 12.5 Å². The van der Waals surface area contributed by atoms with Crippen LogP contribution in [0, 0.1) is 11.3 Å². The van der Waals surface area contributed by atoms with Crippen LogP contribution in [0.5, 0.6) is 0 Å². The minimum atomic E-state index is -1.04. The number of nitrogens with zero attached hydrogens (tertiary/aromatic N) is 2. The van der Waals surface area contributed by atoms with E-state index in [9.17, 15) is 14.7 Å². The Hall–Kier alpha value is -2.05. The summed E-state index contributed by atoms with van der Waals surface area (Å²) < 4.78 is 6.85. The number of rotatable bonds is 6. The van der Waals surface area contributed by atoms with Gasteiger partial charge in [0.15, 0.2) is 0 Å². The first kappa shape index (κ1) is 17.3. The van der Waals surface area contributed by atoms with E-state index < -0.39 is 23.1 Å². The monoisotopic (exact) mass is 323 g/mol. The van der Waals surface area contributed by atoms with Crippen LogP contribution < -0.4 is 5.32 Å². The van der Waals surface area contributed by atoms with Gasteiger partial charge in [0.05, 0.1) is 11.1 Å². The first-order chi connectivity index (χ1) is 10.6. The Morgan fingerprint density at radius 2 is 2.09 bits per heavy atom. The average molecular weight is 323 g/mol. The summed E-state index contributed by atoms with van der Waals surface area (Å²) in [6.45, 7) is 5.35. The van der Waals surface area contributed by atoms with Gasteiger partial charge < -0.3 is 15.2 Å². The number of ether oxygens (including phenoxy) is 1. The third-order valence-electron chi connectivity index (χ3n) is 4.00. The van der Waals surface area contributed by atoms with Crippen LogP contribution in [0.1, 0.15) is 39.3 Å². The summed E-state index contributed by atoms with van der Waals surface area (Å²) in [7, 11) is 1.79. The number of carbonyl (C=O) groups excluding carboxylic acids is 1. The number of aliphatic carboxylic acids is 1. The number of aryl methyl sites for hydroxylation is 1. The molecule has 2 N–H and O–H groups in total. The van der Waals surface area contributed by atoms with Gasteiger partial charge in [-0.25, -0.2) is 4.79 Å². The quantitative estimate of drug-likeness (QED) is 0.835. The van der Waals surface area contributed by atoms with E-state index in [1.807, 2.05) is 6.07 Å². The maximum atomic E-state index is 12.0. The molecule has 2 rings (SSSR count). The molecule has 7 nitrogen and oxygen atoms in total. The highest BCUT2D eigenvalue weighted by atomic mass is 16.6. The summed E-state index contributed by atoms with van der Waals surface area (Å²) in [6, 6.07) is 1.81. The number of carboxylic acids is 1. The molecule has 1 aliphatic carbocycles. The second-order valence-electron chi connectivity index (χ2n) is 7.25. The van der Waals surface area contributed by atoms with Gasteiger partial charge in [-0.15, -0.1) is 0 Å². The smallest absolute Gasteiger partial charge is 0.407 e. The second kappa shape index (κ2) is 6.22. The SMILES string of the molecule is Cn1ccc(CC(CNC(=O)OC(C)(C)C)(C(=O)O)C2CC2)n1. The van der Waals surface area contributed by atoms with Crippen molar-refractivity contribution in [2.45, 2.75) is 45.6 Å². The molecule has 0 radical (unpaired) electrons. The van der Waals surface area contributed by atoms with E-state index in [0.717, 1.165) is 12.8 Å². The molecule has 128 valence electrons. The molecule has 0 bridgehead atoms. The number of carboxylic acid groups (broad SMARTS) is 1. The van der Waals surface area contributed by atoms with Gasteiger partial charge >= 0.3 is 12.1 Å². The Morgan fingerprint density at radius 3 is 2.52 bits per heavy atom. The zero-order chi connectivity index (χ0) is 17.3. The highest BCUT2D eigenvalue weighted by molar-refractivity contribution is 5.77. The molecule has 1 unspecified atom stereocenters. The summed E-state index contributed by atoms with van der Waals surface area (Å²) in [6.07, 6.45) is 3.20. The lowest BCUT2D eigenvalue weighted by Crippen LogP contribution is -2.47. The first-order valence-corrected chi connectivity index (χ1v) is 7.81. The average Bonchev–Trinajstić information content (AvgIpc) is 3.17. The predicted molar refractivity (Wildman–Crippen MR) is 83.9 cm³/mol. The van der Waals surface area contributed by atoms with Crippen molar-refractivity contribution in [2.75, 3.05) is 6.54 Å². The van der Waals surface area contributed by atoms with Gasteiger partial charge in [-0.05, 0) is 45.6 Å². The maximum absolute atomic E-state index is 12.0. The molecule has 0 aromatic carbocycles. The summed E-state index contributed by atoms with van der Waals surface area (Å²) in [5.74, 6) is -0.848. The van der Waals surface area contributed by atoms with E-state index in [0.29, 0.717) is 12.1 Å². The molecular weight excluding hydrogens is 298 g/mol. The van der Waals surface area contributed by atoms with E-state index >= 15 is 0 Å². The molecule has 0 aliphatic heterocycles. The lowest BCUT2D eigenvalue weighted by molar-refractivity contribution is -0.150. The Morgan fingerprint density at radius 1 is 1.43 bits per heavy atom. The van der Waals surface area contributed by atoms with Crippen LogP contribution in [-0.4, -0.2) is 39.1 Å². The van der Waals surface area contributed by atoms with Crippen LogP contribution in [0.3, 0.4) is 0 Å². The molecule has 1 atom stereocenters. The molecule has 23 heavy (non-hydrogen) atoms. The van der Waals surface area contributed by atoms with Gasteiger partial charge in [0.1, 0.15) is 5.60 Å². The highest BCUT2D eigenvalue weighted by Gasteiger charge is 2.51. The van der Waals surface area contributed by atoms with Crippen LogP contribution in [0.4, 0.5) is 4.79 Å². The molecule has 1 aromatic heterocycles. The summed E-state index contributed by atoms with van der Waals surface area (Å²) in [4.78, 5) is 23.9. The number of nitrogens with one attached hydrogen (secondary N) is 1. The lowest BCUT2D eigenvalue weighted by Gasteiger charge is -2.30. The first-order valence-electron chi connectivity index (χ1n) is 7.81. The van der Waals surface area contributed by atoms with Crippen molar-refractivity contribution in [2.24, 2.45) is 18.4 Å². The third-order valence-corrected chi connectivity index (χ3v) is 4.00. The van der Waals surface area contributed by atoms with Crippen LogP contribution >= 0.6 is 0 Å². The Labute approximate surface area is 136 Å². The summed E-state index contributed by atoms with van der Waals surface area (Å²) in [5.41, 5.74) is -0.935. The Bertz CT molecular complexity index is 586. The van der Waals surface area contributed by atoms with Crippen LogP contribution in [0.25, 0.3) is 0 Å². The molecular formula is C16H25N3O4. The molecule has 0 saturated heterocycles. The number of amides is 1. The van der Waals surface area contributed by atoms with Gasteiger partial charge in [0, 0.05) is 26.2 Å². The predicted octanol–water partition coefficient (Wildman–Crippen LogP) is 1.97. The molecule has 1 aliphatic rings. The summed E-state index contributed by atoms with van der Waals surface area (Å²) >= 11 is 0. The minimum absolute atomic E-state index is 0.0402. The largest absolute Gasteiger partial charge is 0.481 e.